The third-order valence-corrected chi connectivity index (χ3v) is 15.7. The van der Waals surface area contributed by atoms with Crippen molar-refractivity contribution < 1.29 is 9.47 Å². The van der Waals surface area contributed by atoms with Crippen LogP contribution in [0.4, 0.5) is 45.5 Å². The second kappa shape index (κ2) is 19.7. The summed E-state index contributed by atoms with van der Waals surface area (Å²) >= 11 is 4.58. The summed E-state index contributed by atoms with van der Waals surface area (Å²) in [6.45, 7) is 0. The second-order valence-corrected chi connectivity index (χ2v) is 20.3. The number of ether oxygens (including phenoxy) is 2. The number of hydrogen-bond donors (Lipinski definition) is 2. The van der Waals surface area contributed by atoms with E-state index in [4.69, 9.17) is 9.47 Å². The molecule has 0 saturated heterocycles. The van der Waals surface area contributed by atoms with E-state index in [0.717, 1.165) is 135 Å². The second-order valence-electron chi connectivity index (χ2n) is 20.1. The zero-order valence-corrected chi connectivity index (χ0v) is 44.5. The van der Waals surface area contributed by atoms with Crippen LogP contribution in [0.25, 0.3) is 55.3 Å². The van der Waals surface area contributed by atoms with Gasteiger partial charge in [0, 0.05) is 44.8 Å². The van der Waals surface area contributed by atoms with Gasteiger partial charge in [0.2, 0.25) is 0 Å². The first-order valence-electron chi connectivity index (χ1n) is 26.9. The monoisotopic (exact) mass is 1060 g/mol. The summed E-state index contributed by atoms with van der Waals surface area (Å²) in [7, 11) is 0. The predicted octanol–water partition coefficient (Wildman–Crippen LogP) is 19.7. The average Bonchev–Trinajstić information content (AvgIpc) is 4.13. The summed E-state index contributed by atoms with van der Waals surface area (Å²) in [5.41, 5.74) is 18.5. The van der Waals surface area contributed by atoms with Crippen molar-refractivity contribution in [3.63, 3.8) is 0 Å². The normalized spacial score (nSPS) is 13.8. The van der Waals surface area contributed by atoms with E-state index in [1.54, 1.807) is 0 Å². The SMILES string of the molecule is N=C1C(c2ccc(-n3c4ccc(N5c6ccccc6Oc6ccccc65)cc4c4cc(N5c6ccccc6Oc6ccccc65)ccc43)cc2)=CC=C(N(c2ccc(-c3ccccc3)cc2)c2ccc(-c3ccccc3)cc2)C1=NS. The molecular weight excluding hydrogens is 1010 g/mol. The maximum atomic E-state index is 9.84. The maximum absolute atomic E-state index is 9.84. The van der Waals surface area contributed by atoms with Gasteiger partial charge in [-0.05, 0) is 174 Å². The highest BCUT2D eigenvalue weighted by atomic mass is 32.1. The Morgan fingerprint density at radius 3 is 1.16 bits per heavy atom. The van der Waals surface area contributed by atoms with Gasteiger partial charge in [-0.1, -0.05) is 146 Å². The van der Waals surface area contributed by atoms with Gasteiger partial charge in [-0.2, -0.15) is 0 Å². The number of nitrogens with zero attached hydrogens (tertiary/aromatic N) is 5. The molecule has 81 heavy (non-hydrogen) atoms. The first-order chi connectivity index (χ1) is 40.0. The predicted molar refractivity (Wildman–Crippen MR) is 336 cm³/mol. The quantitative estimate of drug-likeness (QED) is 0.111. The van der Waals surface area contributed by atoms with Crippen molar-refractivity contribution in [2.75, 3.05) is 14.7 Å². The molecular formula is C72H48N6O2S. The van der Waals surface area contributed by atoms with Crippen molar-refractivity contribution in [1.82, 2.24) is 4.57 Å². The Morgan fingerprint density at radius 2 is 0.741 bits per heavy atom. The lowest BCUT2D eigenvalue weighted by atomic mass is 9.91. The Hall–Kier alpha value is -10.6. The van der Waals surface area contributed by atoms with E-state index < -0.39 is 0 Å². The minimum absolute atomic E-state index is 0.275. The minimum atomic E-state index is 0.275. The Bertz CT molecular complexity index is 4220. The fourth-order valence-electron chi connectivity index (χ4n) is 11.7. The molecule has 11 aromatic carbocycles. The molecule has 1 N–H and O–H groups in total. The van der Waals surface area contributed by atoms with Crippen LogP contribution >= 0.6 is 12.8 Å². The molecule has 3 aliphatic rings. The van der Waals surface area contributed by atoms with Gasteiger partial charge in [0.1, 0.15) is 5.71 Å². The van der Waals surface area contributed by atoms with Crippen LogP contribution in [0.3, 0.4) is 0 Å². The molecule has 12 aromatic rings. The van der Waals surface area contributed by atoms with Crippen molar-refractivity contribution >= 4 is 97.1 Å². The zero-order valence-electron chi connectivity index (χ0n) is 43.6. The van der Waals surface area contributed by atoms with E-state index in [2.05, 4.69) is 249 Å². The molecule has 8 nitrogen and oxygen atoms in total. The smallest absolute Gasteiger partial charge is 0.151 e. The summed E-state index contributed by atoms with van der Waals surface area (Å²) in [5.74, 6) is 3.19. The van der Waals surface area contributed by atoms with Crippen LogP contribution in [0.15, 0.2) is 289 Å². The van der Waals surface area contributed by atoms with E-state index >= 15 is 0 Å². The van der Waals surface area contributed by atoms with Crippen LogP contribution in [0.1, 0.15) is 5.56 Å². The van der Waals surface area contributed by atoms with Crippen molar-refractivity contribution in [3.05, 3.63) is 290 Å². The molecule has 0 unspecified atom stereocenters. The molecule has 3 heterocycles. The lowest BCUT2D eigenvalue weighted by Gasteiger charge is -2.33. The number of para-hydroxylation sites is 8. The van der Waals surface area contributed by atoms with Gasteiger partial charge >= 0.3 is 0 Å². The number of allylic oxidation sites excluding steroid dienone is 4. The highest BCUT2D eigenvalue weighted by molar-refractivity contribution is 7.79. The molecule has 0 amide bonds. The number of benzene rings is 11. The molecule has 9 heteroatoms. The molecule has 0 atom stereocenters. The Balaban J connectivity index is 0.841. The highest BCUT2D eigenvalue weighted by Gasteiger charge is 2.31. The summed E-state index contributed by atoms with van der Waals surface area (Å²) < 4.78 is 19.8. The van der Waals surface area contributed by atoms with E-state index in [1.165, 1.54) is 0 Å². The molecule has 0 bridgehead atoms. The summed E-state index contributed by atoms with van der Waals surface area (Å²) in [6.07, 6.45) is 4.09. The molecule has 0 spiro atoms. The molecule has 0 saturated carbocycles. The highest BCUT2D eigenvalue weighted by Crippen LogP contribution is 2.53. The number of hydrogen-bond acceptors (Lipinski definition) is 8. The van der Waals surface area contributed by atoms with Crippen LogP contribution in [0.5, 0.6) is 23.0 Å². The topological polar surface area (TPSA) is 69.3 Å². The van der Waals surface area contributed by atoms with Crippen LogP contribution in [-0.2, 0) is 0 Å². The number of aromatic nitrogens is 1. The first kappa shape index (κ1) is 47.6. The van der Waals surface area contributed by atoms with Gasteiger partial charge < -0.3 is 28.7 Å². The van der Waals surface area contributed by atoms with Crippen LogP contribution < -0.4 is 24.2 Å². The van der Waals surface area contributed by atoms with Crippen LogP contribution in [0.2, 0.25) is 0 Å². The fraction of sp³-hybridized carbons (Fsp3) is 0. The number of anilines is 8. The third kappa shape index (κ3) is 8.17. The van der Waals surface area contributed by atoms with Gasteiger partial charge in [0.05, 0.1) is 45.2 Å². The van der Waals surface area contributed by atoms with E-state index in [-0.39, 0.29) is 5.71 Å². The average molecular weight is 1060 g/mol. The summed E-state index contributed by atoms with van der Waals surface area (Å²) in [5, 5.41) is 12.0. The standard InChI is InChI=1S/C72H48N6O2S/c73-71-57(41-44-66(72(71)74-81)75(52-33-27-49(28-34-52)47-15-3-1-4-16-47)53-35-29-50(30-36-53)48-17-5-2-6-18-48)51-31-37-54(38-32-51)76-60-42-39-55(77-62-19-7-11-23-67(62)79-68-24-12-8-20-63(68)77)45-58(60)59-46-56(40-43-61(59)76)78-64-21-9-13-25-69(64)80-70-26-14-10-22-65(70)78/h1-46,73,81H. The number of fused-ring (bicyclic) bond motifs is 7. The molecule has 15 rings (SSSR count). The largest absolute Gasteiger partial charge is 0.453 e. The number of nitrogens with one attached hydrogen (secondary N) is 1. The van der Waals surface area contributed by atoms with Crippen molar-refractivity contribution in [2.45, 2.75) is 0 Å². The van der Waals surface area contributed by atoms with Gasteiger partial charge in [0.15, 0.2) is 23.0 Å². The number of thiol groups is 1. The molecule has 0 fully saturated rings. The van der Waals surface area contributed by atoms with Gasteiger partial charge in [-0.3, -0.25) is 5.41 Å². The zero-order chi connectivity index (χ0) is 54.0. The summed E-state index contributed by atoms with van der Waals surface area (Å²) in [4.78, 5) is 6.75. The van der Waals surface area contributed by atoms with E-state index in [9.17, 15) is 5.41 Å². The molecule has 0 radical (unpaired) electrons. The molecule has 1 aromatic heterocycles. The van der Waals surface area contributed by atoms with Gasteiger partial charge in [0.25, 0.3) is 0 Å². The van der Waals surface area contributed by atoms with Gasteiger partial charge in [-0.25, -0.2) is 4.40 Å². The Kier molecular flexibility index (Phi) is 11.6. The van der Waals surface area contributed by atoms with Crippen LogP contribution in [0, 0.1) is 5.41 Å². The Labute approximate surface area is 474 Å². The Morgan fingerprint density at radius 1 is 0.370 bits per heavy atom. The fourth-order valence-corrected chi connectivity index (χ4v) is 11.9. The van der Waals surface area contributed by atoms with E-state index in [1.807, 2.05) is 66.7 Å². The molecule has 2 aliphatic heterocycles. The minimum Gasteiger partial charge on any atom is -0.453 e. The lowest BCUT2D eigenvalue weighted by Crippen LogP contribution is -2.30. The van der Waals surface area contributed by atoms with Crippen LogP contribution in [-0.4, -0.2) is 16.0 Å². The summed E-state index contributed by atoms with van der Waals surface area (Å²) in [6, 6.07) is 92.7. The van der Waals surface area contributed by atoms with Crippen molar-refractivity contribution in [3.8, 4) is 50.9 Å². The van der Waals surface area contributed by atoms with Crippen molar-refractivity contribution in [1.29, 1.82) is 5.41 Å². The number of rotatable bonds is 9. The molecule has 384 valence electrons. The third-order valence-electron chi connectivity index (χ3n) is 15.5. The first-order valence-corrected chi connectivity index (χ1v) is 27.3. The molecule has 1 aliphatic carbocycles. The van der Waals surface area contributed by atoms with Crippen molar-refractivity contribution in [2.24, 2.45) is 4.40 Å². The van der Waals surface area contributed by atoms with Gasteiger partial charge in [-0.15, -0.1) is 0 Å². The lowest BCUT2D eigenvalue weighted by molar-refractivity contribution is 0.477. The van der Waals surface area contributed by atoms with E-state index in [0.29, 0.717) is 5.71 Å². The maximum Gasteiger partial charge on any atom is 0.151 e.